The molecule has 0 bridgehead atoms. The summed E-state index contributed by atoms with van der Waals surface area (Å²) in [6.07, 6.45) is 2.30. The van der Waals surface area contributed by atoms with Crippen LogP contribution in [0.15, 0.2) is 41.5 Å². The Hall–Kier alpha value is -2.29. The van der Waals surface area contributed by atoms with E-state index in [1.807, 2.05) is 0 Å². The molecule has 1 amide bonds. The number of sulfonamides is 1. The second kappa shape index (κ2) is 9.27. The summed E-state index contributed by atoms with van der Waals surface area (Å²) in [6.45, 7) is 1.33. The molecule has 0 unspecified atom stereocenters. The van der Waals surface area contributed by atoms with Crippen molar-refractivity contribution in [2.75, 3.05) is 24.2 Å². The molecule has 0 saturated heterocycles. The van der Waals surface area contributed by atoms with Gasteiger partial charge >= 0.3 is 0 Å². The molecule has 0 aromatic heterocycles. The second-order valence-corrected chi connectivity index (χ2v) is 8.59. The molecule has 150 valence electrons. The lowest BCUT2D eigenvalue weighted by atomic mass is 10.2. The molecule has 0 aliphatic heterocycles. The zero-order valence-electron chi connectivity index (χ0n) is 15.4. The summed E-state index contributed by atoms with van der Waals surface area (Å²) in [5.41, 5.74) is 3.79. The molecule has 0 saturated carbocycles. The van der Waals surface area contributed by atoms with Crippen LogP contribution in [0.4, 0.5) is 5.69 Å². The van der Waals surface area contributed by atoms with Crippen molar-refractivity contribution in [1.82, 2.24) is 5.43 Å². The number of hydrazone groups is 1. The van der Waals surface area contributed by atoms with Crippen molar-refractivity contribution >= 4 is 51.0 Å². The van der Waals surface area contributed by atoms with Crippen LogP contribution in [0, 0.1) is 6.92 Å². The summed E-state index contributed by atoms with van der Waals surface area (Å²) in [7, 11) is -2.33. The quantitative estimate of drug-likeness (QED) is 0.525. The number of nitrogens with one attached hydrogen (secondary N) is 1. The molecule has 2 aromatic carbocycles. The summed E-state index contributed by atoms with van der Waals surface area (Å²) >= 11 is 12.1. The predicted molar refractivity (Wildman–Crippen MR) is 112 cm³/mol. The Morgan fingerprint density at radius 3 is 2.46 bits per heavy atom. The van der Waals surface area contributed by atoms with Gasteiger partial charge in [0.05, 0.1) is 35.3 Å². The zero-order chi connectivity index (χ0) is 20.9. The van der Waals surface area contributed by atoms with E-state index in [2.05, 4.69) is 10.5 Å². The third-order valence-corrected chi connectivity index (χ3v) is 5.46. The van der Waals surface area contributed by atoms with Crippen molar-refractivity contribution in [2.45, 2.75) is 6.92 Å². The van der Waals surface area contributed by atoms with Crippen molar-refractivity contribution in [1.29, 1.82) is 0 Å². The highest BCUT2D eigenvalue weighted by molar-refractivity contribution is 7.92. The summed E-state index contributed by atoms with van der Waals surface area (Å²) in [5.74, 6) is -0.316. The molecular weight excluding hydrogens is 425 g/mol. The molecule has 7 nitrogen and oxygen atoms in total. The van der Waals surface area contributed by atoms with Gasteiger partial charge in [0, 0.05) is 5.56 Å². The van der Waals surface area contributed by atoms with Gasteiger partial charge in [-0.15, -0.1) is 0 Å². The first-order chi connectivity index (χ1) is 13.1. The molecule has 0 aliphatic rings. The van der Waals surface area contributed by atoms with Crippen LogP contribution in [0.3, 0.4) is 0 Å². The minimum Gasteiger partial charge on any atom is -0.495 e. The Balaban J connectivity index is 2.21. The van der Waals surface area contributed by atoms with Crippen LogP contribution < -0.4 is 14.5 Å². The number of rotatable bonds is 7. The predicted octanol–water partition coefficient (Wildman–Crippen LogP) is 3.23. The number of ether oxygens (including phenoxy) is 1. The van der Waals surface area contributed by atoms with Crippen molar-refractivity contribution in [2.24, 2.45) is 5.10 Å². The number of methoxy groups -OCH3 is 1. The second-order valence-electron chi connectivity index (χ2n) is 5.87. The first kappa shape index (κ1) is 22.0. The summed E-state index contributed by atoms with van der Waals surface area (Å²) in [4.78, 5) is 12.3. The van der Waals surface area contributed by atoms with Crippen LogP contribution in [-0.4, -0.2) is 40.4 Å². The van der Waals surface area contributed by atoms with Gasteiger partial charge < -0.3 is 4.74 Å². The molecule has 0 spiro atoms. The standard InChI is InChI=1S/C18H19Cl2N3O4S/c1-12-7-8-17(27-2)16(9-12)23(28(3,25)26)11-18(24)22-21-10-13-14(19)5-4-6-15(13)20/h4-10H,11H2,1-3H3,(H,22,24)/b21-10-. The number of halogens is 2. The van der Waals surface area contributed by atoms with Crippen LogP contribution in [0.2, 0.25) is 10.0 Å². The Labute approximate surface area is 173 Å². The van der Waals surface area contributed by atoms with Gasteiger partial charge in [-0.05, 0) is 36.8 Å². The normalized spacial score (nSPS) is 11.5. The Kier molecular flexibility index (Phi) is 7.29. The average molecular weight is 444 g/mol. The van der Waals surface area contributed by atoms with Crippen molar-refractivity contribution < 1.29 is 17.9 Å². The van der Waals surface area contributed by atoms with E-state index < -0.39 is 22.5 Å². The fraction of sp³-hybridized carbons (Fsp3) is 0.222. The lowest BCUT2D eigenvalue weighted by Gasteiger charge is -2.23. The molecule has 10 heteroatoms. The minimum atomic E-state index is -3.75. The highest BCUT2D eigenvalue weighted by Crippen LogP contribution is 2.30. The van der Waals surface area contributed by atoms with Gasteiger partial charge in [0.1, 0.15) is 12.3 Å². The maximum atomic E-state index is 12.3. The number of carbonyl (C=O) groups is 1. The summed E-state index contributed by atoms with van der Waals surface area (Å²) in [5, 5.41) is 4.54. The number of hydrogen-bond donors (Lipinski definition) is 1. The van der Waals surface area contributed by atoms with E-state index >= 15 is 0 Å². The SMILES string of the molecule is COc1ccc(C)cc1N(CC(=O)N/N=C\c1c(Cl)cccc1Cl)S(C)(=O)=O. The molecule has 2 rings (SSSR count). The van der Waals surface area contributed by atoms with Gasteiger partial charge in [0.25, 0.3) is 5.91 Å². The topological polar surface area (TPSA) is 88.1 Å². The average Bonchev–Trinajstić information content (AvgIpc) is 2.61. The zero-order valence-corrected chi connectivity index (χ0v) is 17.8. The largest absolute Gasteiger partial charge is 0.495 e. The third kappa shape index (κ3) is 5.60. The Bertz CT molecular complexity index is 990. The highest BCUT2D eigenvalue weighted by Gasteiger charge is 2.24. The molecule has 2 aromatic rings. The number of nitrogens with zero attached hydrogens (tertiary/aromatic N) is 2. The van der Waals surface area contributed by atoms with E-state index in [1.165, 1.54) is 13.3 Å². The minimum absolute atomic E-state index is 0.262. The van der Waals surface area contributed by atoms with Crippen LogP contribution in [0.25, 0.3) is 0 Å². The van der Waals surface area contributed by atoms with Crippen molar-refractivity contribution in [3.63, 3.8) is 0 Å². The van der Waals surface area contributed by atoms with Crippen LogP contribution in [0.5, 0.6) is 5.75 Å². The maximum Gasteiger partial charge on any atom is 0.260 e. The van der Waals surface area contributed by atoms with Gasteiger partial charge in [-0.25, -0.2) is 13.8 Å². The molecule has 28 heavy (non-hydrogen) atoms. The number of hydrogen-bond acceptors (Lipinski definition) is 5. The lowest BCUT2D eigenvalue weighted by Crippen LogP contribution is -2.39. The van der Waals surface area contributed by atoms with E-state index in [0.717, 1.165) is 16.1 Å². The first-order valence-corrected chi connectivity index (χ1v) is 10.6. The van der Waals surface area contributed by atoms with Gasteiger partial charge in [0.2, 0.25) is 10.0 Å². The highest BCUT2D eigenvalue weighted by atomic mass is 35.5. The van der Waals surface area contributed by atoms with Gasteiger partial charge in [0.15, 0.2) is 0 Å². The fourth-order valence-corrected chi connectivity index (χ4v) is 3.69. The van der Waals surface area contributed by atoms with Gasteiger partial charge in [-0.1, -0.05) is 35.3 Å². The van der Waals surface area contributed by atoms with Crippen LogP contribution in [-0.2, 0) is 14.8 Å². The van der Waals surface area contributed by atoms with Crippen LogP contribution in [0.1, 0.15) is 11.1 Å². The number of aryl methyl sites for hydroxylation is 1. The van der Waals surface area contributed by atoms with Crippen molar-refractivity contribution in [3.8, 4) is 5.75 Å². The summed E-state index contributed by atoms with van der Waals surface area (Å²) < 4.78 is 30.7. The monoisotopic (exact) mass is 443 g/mol. The Morgan fingerprint density at radius 1 is 1.25 bits per heavy atom. The molecule has 0 aliphatic carbocycles. The fourth-order valence-electron chi connectivity index (χ4n) is 2.34. The molecular formula is C18H19Cl2N3O4S. The maximum absolute atomic E-state index is 12.3. The molecule has 0 heterocycles. The van der Waals surface area contributed by atoms with E-state index in [-0.39, 0.29) is 5.69 Å². The van der Waals surface area contributed by atoms with Gasteiger partial charge in [-0.2, -0.15) is 5.10 Å². The molecule has 0 radical (unpaired) electrons. The third-order valence-electron chi connectivity index (χ3n) is 3.67. The number of anilines is 1. The lowest BCUT2D eigenvalue weighted by molar-refractivity contribution is -0.119. The number of amides is 1. The van der Waals surface area contributed by atoms with E-state index in [9.17, 15) is 13.2 Å². The summed E-state index contributed by atoms with van der Waals surface area (Å²) in [6, 6.07) is 9.98. The van der Waals surface area contributed by atoms with Crippen LogP contribution >= 0.6 is 23.2 Å². The smallest absolute Gasteiger partial charge is 0.260 e. The van der Waals surface area contributed by atoms with Crippen molar-refractivity contribution in [3.05, 3.63) is 57.6 Å². The molecule has 0 atom stereocenters. The van der Waals surface area contributed by atoms with E-state index in [0.29, 0.717) is 21.4 Å². The number of carbonyl (C=O) groups excluding carboxylic acids is 1. The first-order valence-electron chi connectivity index (χ1n) is 8.01. The number of benzene rings is 2. The van der Waals surface area contributed by atoms with E-state index in [1.54, 1.807) is 43.3 Å². The molecule has 0 fully saturated rings. The van der Waals surface area contributed by atoms with Gasteiger partial charge in [-0.3, -0.25) is 9.10 Å². The molecule has 1 N–H and O–H groups in total. The van der Waals surface area contributed by atoms with E-state index in [4.69, 9.17) is 27.9 Å². The Morgan fingerprint density at radius 2 is 1.89 bits per heavy atom.